The van der Waals surface area contributed by atoms with Gasteiger partial charge in [-0.1, -0.05) is 6.92 Å². The quantitative estimate of drug-likeness (QED) is 0.792. The van der Waals surface area contributed by atoms with Crippen LogP contribution in [0.25, 0.3) is 0 Å². The summed E-state index contributed by atoms with van der Waals surface area (Å²) < 4.78 is 16.0. The minimum atomic E-state index is 0.160. The number of methoxy groups -OCH3 is 3. The number of carbonyl (C=O) groups excluding carboxylic acids is 1. The molecule has 1 aromatic carbocycles. The number of carbonyl (C=O) groups is 1. The molecule has 0 saturated heterocycles. The van der Waals surface area contributed by atoms with Crippen molar-refractivity contribution in [2.75, 3.05) is 21.3 Å². The number of benzene rings is 1. The molecule has 0 heterocycles. The normalized spacial score (nSPS) is 20.8. The Morgan fingerprint density at radius 1 is 1.16 bits per heavy atom. The van der Waals surface area contributed by atoms with Crippen molar-refractivity contribution in [3.8, 4) is 17.2 Å². The predicted molar refractivity (Wildman–Crippen MR) is 72.2 cm³/mol. The smallest absolute Gasteiger partial charge is 0.203 e. The van der Waals surface area contributed by atoms with Crippen LogP contribution in [0.3, 0.4) is 0 Å². The lowest BCUT2D eigenvalue weighted by molar-refractivity contribution is -0.120. The van der Waals surface area contributed by atoms with Crippen molar-refractivity contribution in [3.63, 3.8) is 0 Å². The molecule has 104 valence electrons. The van der Waals surface area contributed by atoms with Gasteiger partial charge in [0, 0.05) is 12.3 Å². The third-order valence-electron chi connectivity index (χ3n) is 3.67. The number of hydrogen-bond acceptors (Lipinski definition) is 4. The summed E-state index contributed by atoms with van der Waals surface area (Å²) in [4.78, 5) is 11.7. The van der Waals surface area contributed by atoms with Crippen LogP contribution in [-0.4, -0.2) is 27.1 Å². The lowest BCUT2D eigenvalue weighted by Crippen LogP contribution is -2.01. The van der Waals surface area contributed by atoms with E-state index in [0.717, 1.165) is 12.0 Å². The van der Waals surface area contributed by atoms with Crippen LogP contribution >= 0.6 is 0 Å². The highest BCUT2D eigenvalue weighted by Crippen LogP contribution is 2.51. The Bertz CT molecular complexity index is 456. The minimum absolute atomic E-state index is 0.160. The van der Waals surface area contributed by atoms with Gasteiger partial charge in [0.15, 0.2) is 11.5 Å². The molecule has 0 N–H and O–H groups in total. The van der Waals surface area contributed by atoms with Gasteiger partial charge in [-0.25, -0.2) is 0 Å². The van der Waals surface area contributed by atoms with Gasteiger partial charge in [0.25, 0.3) is 0 Å². The maximum atomic E-state index is 11.7. The van der Waals surface area contributed by atoms with Gasteiger partial charge in [0.1, 0.15) is 5.78 Å². The van der Waals surface area contributed by atoms with Gasteiger partial charge in [-0.15, -0.1) is 0 Å². The van der Waals surface area contributed by atoms with Gasteiger partial charge >= 0.3 is 0 Å². The van der Waals surface area contributed by atoms with Crippen LogP contribution in [-0.2, 0) is 4.79 Å². The summed E-state index contributed by atoms with van der Waals surface area (Å²) >= 11 is 0. The first-order valence-electron chi connectivity index (χ1n) is 6.48. The highest BCUT2D eigenvalue weighted by molar-refractivity contribution is 5.84. The molecular weight excluding hydrogens is 244 g/mol. The molecule has 2 unspecified atom stereocenters. The van der Waals surface area contributed by atoms with Crippen molar-refractivity contribution in [3.05, 3.63) is 17.7 Å². The zero-order valence-electron chi connectivity index (χ0n) is 11.9. The number of Topliss-reactive ketones (excluding diaryl/α,β-unsaturated/α-hetero) is 1. The standard InChI is InChI=1S/C15H20O4/c1-5-12(16)11-8-10(11)9-6-13(17-2)15(19-4)14(7-9)18-3/h6-7,10-11H,5,8H2,1-4H3. The highest BCUT2D eigenvalue weighted by atomic mass is 16.5. The third-order valence-corrected chi connectivity index (χ3v) is 3.67. The molecule has 0 spiro atoms. The predicted octanol–water partition coefficient (Wildman–Crippen LogP) is 2.80. The van der Waals surface area contributed by atoms with E-state index in [4.69, 9.17) is 14.2 Å². The number of rotatable bonds is 6. The Balaban J connectivity index is 2.31. The summed E-state index contributed by atoms with van der Waals surface area (Å²) in [5.41, 5.74) is 1.08. The zero-order valence-corrected chi connectivity index (χ0v) is 11.9. The molecule has 1 aliphatic rings. The fourth-order valence-electron chi connectivity index (χ4n) is 2.50. The fourth-order valence-corrected chi connectivity index (χ4v) is 2.50. The van der Waals surface area contributed by atoms with E-state index >= 15 is 0 Å². The highest BCUT2D eigenvalue weighted by Gasteiger charge is 2.43. The van der Waals surface area contributed by atoms with Crippen molar-refractivity contribution >= 4 is 5.78 Å². The first-order valence-corrected chi connectivity index (χ1v) is 6.48. The Kier molecular flexibility index (Phi) is 3.98. The van der Waals surface area contributed by atoms with Gasteiger partial charge in [-0.3, -0.25) is 4.79 Å². The van der Waals surface area contributed by atoms with Gasteiger partial charge in [-0.2, -0.15) is 0 Å². The molecule has 2 rings (SSSR count). The van der Waals surface area contributed by atoms with Crippen molar-refractivity contribution in [1.82, 2.24) is 0 Å². The van der Waals surface area contributed by atoms with Gasteiger partial charge < -0.3 is 14.2 Å². The van der Waals surface area contributed by atoms with E-state index in [9.17, 15) is 4.79 Å². The molecule has 0 amide bonds. The molecule has 0 bridgehead atoms. The molecule has 1 aromatic rings. The molecular formula is C15H20O4. The second-order valence-corrected chi connectivity index (χ2v) is 4.73. The second-order valence-electron chi connectivity index (χ2n) is 4.73. The van der Waals surface area contributed by atoms with Crippen molar-refractivity contribution < 1.29 is 19.0 Å². The van der Waals surface area contributed by atoms with Crippen LogP contribution in [0.15, 0.2) is 12.1 Å². The second kappa shape index (κ2) is 5.51. The van der Waals surface area contributed by atoms with E-state index < -0.39 is 0 Å². The topological polar surface area (TPSA) is 44.8 Å². The summed E-state index contributed by atoms with van der Waals surface area (Å²) in [7, 11) is 4.78. The third kappa shape index (κ3) is 2.53. The molecule has 4 heteroatoms. The van der Waals surface area contributed by atoms with E-state index in [1.165, 1.54) is 0 Å². The van der Waals surface area contributed by atoms with Crippen LogP contribution in [0.1, 0.15) is 31.2 Å². The summed E-state index contributed by atoms with van der Waals surface area (Å²) in [5, 5.41) is 0. The molecule has 1 aliphatic carbocycles. The monoisotopic (exact) mass is 264 g/mol. The van der Waals surface area contributed by atoms with Crippen LogP contribution < -0.4 is 14.2 Å². The summed E-state index contributed by atoms with van der Waals surface area (Å²) in [5.74, 6) is 2.67. The number of ketones is 1. The minimum Gasteiger partial charge on any atom is -0.493 e. The lowest BCUT2D eigenvalue weighted by Gasteiger charge is -2.14. The zero-order chi connectivity index (χ0) is 14.0. The van der Waals surface area contributed by atoms with E-state index in [1.54, 1.807) is 21.3 Å². The Morgan fingerprint density at radius 2 is 1.74 bits per heavy atom. The van der Waals surface area contributed by atoms with E-state index in [-0.39, 0.29) is 5.92 Å². The van der Waals surface area contributed by atoms with Crippen LogP contribution in [0.5, 0.6) is 17.2 Å². The number of hydrogen-bond donors (Lipinski definition) is 0. The van der Waals surface area contributed by atoms with E-state index in [1.807, 2.05) is 19.1 Å². The molecule has 4 nitrogen and oxygen atoms in total. The maximum Gasteiger partial charge on any atom is 0.203 e. The average molecular weight is 264 g/mol. The first kappa shape index (κ1) is 13.7. The summed E-state index contributed by atoms with van der Waals surface area (Å²) in [6.45, 7) is 1.91. The summed E-state index contributed by atoms with van der Waals surface area (Å²) in [6, 6.07) is 3.88. The van der Waals surface area contributed by atoms with Crippen molar-refractivity contribution in [2.45, 2.75) is 25.7 Å². The molecule has 0 aromatic heterocycles. The molecule has 1 fully saturated rings. The van der Waals surface area contributed by atoms with Crippen LogP contribution in [0.4, 0.5) is 0 Å². The fraction of sp³-hybridized carbons (Fsp3) is 0.533. The molecule has 19 heavy (non-hydrogen) atoms. The van der Waals surface area contributed by atoms with Crippen molar-refractivity contribution in [2.24, 2.45) is 5.92 Å². The van der Waals surface area contributed by atoms with Gasteiger partial charge in [0.05, 0.1) is 21.3 Å². The Hall–Kier alpha value is -1.71. The van der Waals surface area contributed by atoms with Gasteiger partial charge in [-0.05, 0) is 30.0 Å². The number of ether oxygens (including phenoxy) is 3. The molecule has 0 aliphatic heterocycles. The van der Waals surface area contributed by atoms with Gasteiger partial charge in [0.2, 0.25) is 5.75 Å². The van der Waals surface area contributed by atoms with Crippen LogP contribution in [0.2, 0.25) is 0 Å². The van der Waals surface area contributed by atoms with Crippen LogP contribution in [0, 0.1) is 5.92 Å². The maximum absolute atomic E-state index is 11.7. The lowest BCUT2D eigenvalue weighted by atomic mass is 10.1. The first-order chi connectivity index (χ1) is 9.15. The average Bonchev–Trinajstić information content (AvgIpc) is 3.25. The van der Waals surface area contributed by atoms with E-state index in [2.05, 4.69) is 0 Å². The Morgan fingerprint density at radius 3 is 2.16 bits per heavy atom. The molecule has 2 atom stereocenters. The summed E-state index contributed by atoms with van der Waals surface area (Å²) in [6.07, 6.45) is 1.52. The SMILES string of the molecule is CCC(=O)C1CC1c1cc(OC)c(OC)c(OC)c1. The molecule has 0 radical (unpaired) electrons. The molecule has 1 saturated carbocycles. The van der Waals surface area contributed by atoms with Crippen molar-refractivity contribution in [1.29, 1.82) is 0 Å². The Labute approximate surface area is 113 Å². The largest absolute Gasteiger partial charge is 0.493 e. The van der Waals surface area contributed by atoms with E-state index in [0.29, 0.717) is 35.4 Å².